The van der Waals surface area contributed by atoms with Crippen molar-refractivity contribution in [3.63, 3.8) is 0 Å². The van der Waals surface area contributed by atoms with Gasteiger partial charge < -0.3 is 9.26 Å². The second-order valence-corrected chi connectivity index (χ2v) is 4.46. The van der Waals surface area contributed by atoms with Crippen LogP contribution in [0.4, 0.5) is 0 Å². The van der Waals surface area contributed by atoms with Crippen molar-refractivity contribution in [2.75, 3.05) is 0 Å². The van der Waals surface area contributed by atoms with Crippen LogP contribution in [-0.2, 0) is 0 Å². The summed E-state index contributed by atoms with van der Waals surface area (Å²) in [7, 11) is 0. The molecule has 0 unspecified atom stereocenters. The van der Waals surface area contributed by atoms with Crippen LogP contribution in [0.15, 0.2) is 33.3 Å². The Morgan fingerprint density at radius 1 is 1.29 bits per heavy atom. The van der Waals surface area contributed by atoms with Gasteiger partial charge in [0, 0.05) is 4.47 Å². The predicted octanol–water partition coefficient (Wildman–Crippen LogP) is 3.27. The number of carbonyl (C=O) groups is 1. The van der Waals surface area contributed by atoms with E-state index in [1.54, 1.807) is 38.1 Å². The molecule has 0 aliphatic carbocycles. The summed E-state index contributed by atoms with van der Waals surface area (Å²) >= 11 is 3.31. The van der Waals surface area contributed by atoms with Crippen molar-refractivity contribution in [1.29, 1.82) is 0 Å². The largest absolute Gasteiger partial charge is 0.423 e. The number of aromatic nitrogens is 1. The van der Waals surface area contributed by atoms with Gasteiger partial charge in [0.15, 0.2) is 0 Å². The third-order valence-corrected chi connectivity index (χ3v) is 2.79. The van der Waals surface area contributed by atoms with Gasteiger partial charge in [-0.3, -0.25) is 0 Å². The van der Waals surface area contributed by atoms with Gasteiger partial charge in [-0.15, -0.1) is 0 Å². The zero-order valence-corrected chi connectivity index (χ0v) is 10.9. The third kappa shape index (κ3) is 2.55. The van der Waals surface area contributed by atoms with E-state index >= 15 is 0 Å². The number of aryl methyl sites for hydroxylation is 2. The SMILES string of the molecule is Cc1noc(C)c1C(=O)Oc1ccc(Br)cc1. The van der Waals surface area contributed by atoms with Gasteiger partial charge in [0.1, 0.15) is 17.1 Å². The maximum atomic E-state index is 11.9. The second-order valence-electron chi connectivity index (χ2n) is 3.54. The van der Waals surface area contributed by atoms with Crippen molar-refractivity contribution in [2.24, 2.45) is 0 Å². The molecule has 5 heteroatoms. The molecule has 1 heterocycles. The fourth-order valence-corrected chi connectivity index (χ4v) is 1.70. The molecule has 0 amide bonds. The maximum Gasteiger partial charge on any atom is 0.349 e. The average Bonchev–Trinajstić information content (AvgIpc) is 2.62. The molecule has 0 atom stereocenters. The second kappa shape index (κ2) is 4.71. The highest BCUT2D eigenvalue weighted by molar-refractivity contribution is 9.10. The van der Waals surface area contributed by atoms with E-state index in [1.165, 1.54) is 0 Å². The Bertz CT molecular complexity index is 526. The minimum absolute atomic E-state index is 0.382. The lowest BCUT2D eigenvalue weighted by atomic mass is 10.2. The fourth-order valence-electron chi connectivity index (χ4n) is 1.44. The monoisotopic (exact) mass is 295 g/mol. The number of hydrogen-bond donors (Lipinski definition) is 0. The smallest absolute Gasteiger partial charge is 0.349 e. The lowest BCUT2D eigenvalue weighted by Gasteiger charge is -2.03. The van der Waals surface area contributed by atoms with E-state index in [0.717, 1.165) is 4.47 Å². The molecule has 1 aromatic carbocycles. The van der Waals surface area contributed by atoms with Crippen molar-refractivity contribution in [3.05, 3.63) is 45.8 Å². The molecular formula is C12H10BrNO3. The van der Waals surface area contributed by atoms with Crippen LogP contribution in [-0.4, -0.2) is 11.1 Å². The van der Waals surface area contributed by atoms with Gasteiger partial charge in [-0.2, -0.15) is 0 Å². The maximum absolute atomic E-state index is 11.9. The van der Waals surface area contributed by atoms with Crippen molar-refractivity contribution >= 4 is 21.9 Å². The lowest BCUT2D eigenvalue weighted by molar-refractivity contribution is 0.0732. The predicted molar refractivity (Wildman–Crippen MR) is 65.1 cm³/mol. The standard InChI is InChI=1S/C12H10BrNO3/c1-7-11(8(2)17-14-7)12(15)16-10-5-3-9(13)4-6-10/h3-6H,1-2H3. The number of hydrogen-bond acceptors (Lipinski definition) is 4. The summed E-state index contributed by atoms with van der Waals surface area (Å²) < 4.78 is 11.1. The van der Waals surface area contributed by atoms with Crippen LogP contribution < -0.4 is 4.74 Å². The molecule has 2 rings (SSSR count). The van der Waals surface area contributed by atoms with Crippen LogP contribution in [0.5, 0.6) is 5.75 Å². The Balaban J connectivity index is 2.20. The van der Waals surface area contributed by atoms with Crippen LogP contribution >= 0.6 is 15.9 Å². The van der Waals surface area contributed by atoms with E-state index < -0.39 is 5.97 Å². The summed E-state index contributed by atoms with van der Waals surface area (Å²) in [6, 6.07) is 7.02. The van der Waals surface area contributed by atoms with Gasteiger partial charge in [-0.25, -0.2) is 4.79 Å². The highest BCUT2D eigenvalue weighted by atomic mass is 79.9. The van der Waals surface area contributed by atoms with Crippen molar-refractivity contribution < 1.29 is 14.1 Å². The topological polar surface area (TPSA) is 52.3 Å². The fraction of sp³-hybridized carbons (Fsp3) is 0.167. The molecule has 2 aromatic rings. The molecule has 17 heavy (non-hydrogen) atoms. The molecule has 4 nitrogen and oxygen atoms in total. The zero-order valence-electron chi connectivity index (χ0n) is 9.36. The third-order valence-electron chi connectivity index (χ3n) is 2.26. The van der Waals surface area contributed by atoms with Crippen molar-refractivity contribution in [2.45, 2.75) is 13.8 Å². The summed E-state index contributed by atoms with van der Waals surface area (Å²) in [5, 5.41) is 3.71. The van der Waals surface area contributed by atoms with Gasteiger partial charge in [-0.1, -0.05) is 21.1 Å². The molecule has 0 bridgehead atoms. The van der Waals surface area contributed by atoms with E-state index in [9.17, 15) is 4.79 Å². The highest BCUT2D eigenvalue weighted by Gasteiger charge is 2.19. The molecule has 1 aromatic heterocycles. The van der Waals surface area contributed by atoms with Gasteiger partial charge >= 0.3 is 5.97 Å². The molecule has 0 saturated carbocycles. The number of nitrogens with zero attached hydrogens (tertiary/aromatic N) is 1. The summed E-state index contributed by atoms with van der Waals surface area (Å²) in [5.74, 6) is 0.492. The first-order valence-electron chi connectivity index (χ1n) is 4.98. The molecule has 0 spiro atoms. The van der Waals surface area contributed by atoms with E-state index in [1.807, 2.05) is 0 Å². The Labute approximate surface area is 107 Å². The molecular weight excluding hydrogens is 286 g/mol. The summed E-state index contributed by atoms with van der Waals surface area (Å²) in [6.07, 6.45) is 0. The molecule has 0 saturated heterocycles. The first kappa shape index (κ1) is 11.9. The van der Waals surface area contributed by atoms with Crippen LogP contribution in [0, 0.1) is 13.8 Å². The Hall–Kier alpha value is -1.62. The van der Waals surface area contributed by atoms with Gasteiger partial charge in [-0.05, 0) is 38.1 Å². The van der Waals surface area contributed by atoms with Gasteiger partial charge in [0.2, 0.25) is 0 Å². The molecule has 0 N–H and O–H groups in total. The molecule has 0 aliphatic rings. The Morgan fingerprint density at radius 3 is 2.47 bits per heavy atom. The zero-order chi connectivity index (χ0) is 12.4. The first-order chi connectivity index (χ1) is 8.08. The van der Waals surface area contributed by atoms with E-state index in [0.29, 0.717) is 22.8 Å². The molecule has 88 valence electrons. The quantitative estimate of drug-likeness (QED) is 0.630. The number of esters is 1. The summed E-state index contributed by atoms with van der Waals surface area (Å²) in [4.78, 5) is 11.9. The number of rotatable bonds is 2. The molecule has 0 aliphatic heterocycles. The number of benzene rings is 1. The average molecular weight is 296 g/mol. The van der Waals surface area contributed by atoms with Gasteiger partial charge in [0.05, 0.1) is 5.69 Å². The van der Waals surface area contributed by atoms with E-state index in [2.05, 4.69) is 21.1 Å². The van der Waals surface area contributed by atoms with Crippen LogP contribution in [0.3, 0.4) is 0 Å². The lowest BCUT2D eigenvalue weighted by Crippen LogP contribution is -2.10. The number of carbonyl (C=O) groups excluding carboxylic acids is 1. The molecule has 0 fully saturated rings. The normalized spacial score (nSPS) is 10.3. The highest BCUT2D eigenvalue weighted by Crippen LogP contribution is 2.19. The molecule has 0 radical (unpaired) electrons. The number of ether oxygens (including phenoxy) is 1. The van der Waals surface area contributed by atoms with E-state index in [4.69, 9.17) is 9.26 Å². The van der Waals surface area contributed by atoms with Crippen LogP contribution in [0.2, 0.25) is 0 Å². The Morgan fingerprint density at radius 2 is 1.94 bits per heavy atom. The van der Waals surface area contributed by atoms with Crippen molar-refractivity contribution in [1.82, 2.24) is 5.16 Å². The van der Waals surface area contributed by atoms with Gasteiger partial charge in [0.25, 0.3) is 0 Å². The summed E-state index contributed by atoms with van der Waals surface area (Å²) in [5.41, 5.74) is 0.914. The van der Waals surface area contributed by atoms with Crippen molar-refractivity contribution in [3.8, 4) is 5.75 Å². The number of halogens is 1. The summed E-state index contributed by atoms with van der Waals surface area (Å²) in [6.45, 7) is 3.38. The minimum Gasteiger partial charge on any atom is -0.423 e. The van der Waals surface area contributed by atoms with Crippen LogP contribution in [0.25, 0.3) is 0 Å². The van der Waals surface area contributed by atoms with Crippen LogP contribution in [0.1, 0.15) is 21.8 Å². The Kier molecular flexibility index (Phi) is 3.28. The van der Waals surface area contributed by atoms with E-state index in [-0.39, 0.29) is 0 Å². The minimum atomic E-state index is -0.455. The first-order valence-corrected chi connectivity index (χ1v) is 5.78.